The summed E-state index contributed by atoms with van der Waals surface area (Å²) in [7, 11) is 1.17. The first-order valence-electron chi connectivity index (χ1n) is 3.97. The third-order valence-corrected chi connectivity index (χ3v) is 2.81. The molecule has 0 spiro atoms. The molecule has 0 radical (unpaired) electrons. The number of rotatable bonds is 3. The Labute approximate surface area is 92.2 Å². The molecule has 1 aromatic carbocycles. The zero-order valence-corrected chi connectivity index (χ0v) is 9.63. The van der Waals surface area contributed by atoms with Crippen LogP contribution < -0.4 is 9.61 Å². The fourth-order valence-electron chi connectivity index (χ4n) is 0.808. The molecular formula is C8H10NO4PS. The van der Waals surface area contributed by atoms with Crippen LogP contribution in [0.1, 0.15) is 0 Å². The lowest BCUT2D eigenvalue weighted by Gasteiger charge is -2.16. The van der Waals surface area contributed by atoms with Gasteiger partial charge in [0.15, 0.2) is 0 Å². The second-order valence-corrected chi connectivity index (χ2v) is 5.46. The largest absolute Gasteiger partial charge is 0.453 e. The lowest BCUT2D eigenvalue weighted by atomic mass is 10.3. The Balaban J connectivity index is 2.65. The number of hydrogen-bond acceptors (Lipinski definition) is 4. The van der Waals surface area contributed by atoms with Crippen molar-refractivity contribution in [2.24, 2.45) is 0 Å². The van der Waals surface area contributed by atoms with Crippen molar-refractivity contribution in [3.63, 3.8) is 0 Å². The van der Waals surface area contributed by atoms with Gasteiger partial charge < -0.3 is 14.2 Å². The van der Waals surface area contributed by atoms with Crippen LogP contribution in [0.4, 0.5) is 4.79 Å². The molecule has 0 saturated heterocycles. The normalized spacial score (nSPS) is 13.7. The van der Waals surface area contributed by atoms with Crippen LogP contribution in [0.2, 0.25) is 0 Å². The molecule has 0 fully saturated rings. The average Bonchev–Trinajstić information content (AvgIpc) is 2.17. The lowest BCUT2D eigenvalue weighted by Crippen LogP contribution is -2.21. The predicted octanol–water partition coefficient (Wildman–Crippen LogP) is 1.64. The Hall–Kier alpha value is -1.10. The van der Waals surface area contributed by atoms with E-state index in [1.165, 1.54) is 7.11 Å². The Morgan fingerprint density at radius 3 is 2.60 bits per heavy atom. The Morgan fingerprint density at radius 2 is 2.07 bits per heavy atom. The van der Waals surface area contributed by atoms with Gasteiger partial charge in [-0.25, -0.2) is 9.88 Å². The summed E-state index contributed by atoms with van der Waals surface area (Å²) in [6.45, 7) is -3.38. The number of carbonyl (C=O) groups excluding carboxylic acids is 1. The van der Waals surface area contributed by atoms with E-state index in [9.17, 15) is 9.69 Å². The summed E-state index contributed by atoms with van der Waals surface area (Å²) in [6, 6.07) is 8.49. The molecule has 1 rings (SSSR count). The van der Waals surface area contributed by atoms with Crippen molar-refractivity contribution in [2.75, 3.05) is 7.11 Å². The van der Waals surface area contributed by atoms with Crippen LogP contribution in [-0.2, 0) is 16.5 Å². The number of nitrogens with one attached hydrogen (secondary N) is 1. The van der Waals surface area contributed by atoms with Crippen molar-refractivity contribution in [3.8, 4) is 5.75 Å². The summed E-state index contributed by atoms with van der Waals surface area (Å²) in [5.74, 6) is 0.389. The number of ether oxygens (including phenoxy) is 1. The molecule has 2 N–H and O–H groups in total. The van der Waals surface area contributed by atoms with E-state index < -0.39 is 12.7 Å². The van der Waals surface area contributed by atoms with Gasteiger partial charge in [-0.05, 0) is 23.9 Å². The number of benzene rings is 1. The second kappa shape index (κ2) is 5.11. The third kappa shape index (κ3) is 4.29. The highest BCUT2D eigenvalue weighted by molar-refractivity contribution is 8.08. The van der Waals surface area contributed by atoms with E-state index in [1.54, 1.807) is 30.3 Å². The van der Waals surface area contributed by atoms with Crippen LogP contribution >= 0.6 is 6.64 Å². The van der Waals surface area contributed by atoms with Gasteiger partial charge in [0.1, 0.15) is 5.75 Å². The van der Waals surface area contributed by atoms with E-state index in [-0.39, 0.29) is 0 Å². The lowest BCUT2D eigenvalue weighted by molar-refractivity contribution is 0.176. The number of hydrogen-bond donors (Lipinski definition) is 2. The van der Waals surface area contributed by atoms with E-state index in [1.807, 2.05) is 0 Å². The first-order chi connectivity index (χ1) is 7.03. The molecule has 0 bridgehead atoms. The van der Waals surface area contributed by atoms with E-state index in [0.29, 0.717) is 5.75 Å². The van der Waals surface area contributed by atoms with Crippen molar-refractivity contribution in [3.05, 3.63) is 30.3 Å². The molecule has 0 aliphatic rings. The van der Waals surface area contributed by atoms with Crippen molar-refractivity contribution < 1.29 is 18.9 Å². The fraction of sp³-hybridized carbons (Fsp3) is 0.125. The number of methoxy groups -OCH3 is 1. The quantitative estimate of drug-likeness (QED) is 0.795. The average molecular weight is 247 g/mol. The first kappa shape index (κ1) is 12.0. The van der Waals surface area contributed by atoms with Gasteiger partial charge in [-0.2, -0.15) is 0 Å². The van der Waals surface area contributed by atoms with Gasteiger partial charge in [0.2, 0.25) is 0 Å². The zero-order chi connectivity index (χ0) is 11.3. The molecule has 0 aliphatic carbocycles. The summed E-state index contributed by atoms with van der Waals surface area (Å²) >= 11 is 4.70. The second-order valence-electron chi connectivity index (χ2n) is 2.53. The molecule has 1 atom stereocenters. The van der Waals surface area contributed by atoms with Gasteiger partial charge in [-0.3, -0.25) is 0 Å². The summed E-state index contributed by atoms with van der Waals surface area (Å²) in [5.41, 5.74) is 0. The van der Waals surface area contributed by atoms with Crippen LogP contribution in [0.5, 0.6) is 5.75 Å². The van der Waals surface area contributed by atoms with Gasteiger partial charge in [-0.15, -0.1) is 0 Å². The summed E-state index contributed by atoms with van der Waals surface area (Å²) in [5, 5.41) is 2.05. The van der Waals surface area contributed by atoms with E-state index in [2.05, 4.69) is 9.82 Å². The SMILES string of the molecule is COC(=O)NP(O)(=S)Oc1ccccc1. The molecule has 15 heavy (non-hydrogen) atoms. The summed E-state index contributed by atoms with van der Waals surface area (Å²) < 4.78 is 9.34. The van der Waals surface area contributed by atoms with Gasteiger partial charge in [0.05, 0.1) is 7.11 Å². The highest BCUT2D eigenvalue weighted by Gasteiger charge is 2.19. The Kier molecular flexibility index (Phi) is 4.08. The van der Waals surface area contributed by atoms with Gasteiger partial charge in [0, 0.05) is 0 Å². The van der Waals surface area contributed by atoms with E-state index in [4.69, 9.17) is 16.3 Å². The number of carbonyl (C=O) groups is 1. The van der Waals surface area contributed by atoms with Gasteiger partial charge in [-0.1, -0.05) is 18.2 Å². The van der Waals surface area contributed by atoms with Crippen LogP contribution in [0.3, 0.4) is 0 Å². The maximum atomic E-state index is 10.8. The van der Waals surface area contributed by atoms with Crippen LogP contribution in [0.25, 0.3) is 0 Å². The Morgan fingerprint density at radius 1 is 1.47 bits per heavy atom. The highest BCUT2D eigenvalue weighted by Crippen LogP contribution is 2.38. The maximum Gasteiger partial charge on any atom is 0.414 e. The van der Waals surface area contributed by atoms with Gasteiger partial charge in [0.25, 0.3) is 0 Å². The van der Waals surface area contributed by atoms with Crippen LogP contribution in [0, 0.1) is 0 Å². The predicted molar refractivity (Wildman–Crippen MR) is 59.1 cm³/mol. The molecule has 7 heteroatoms. The summed E-state index contributed by atoms with van der Waals surface area (Å²) in [6.07, 6.45) is -0.822. The van der Waals surface area contributed by atoms with Crippen LogP contribution in [-0.4, -0.2) is 18.1 Å². The molecule has 1 amide bonds. The first-order valence-corrected chi connectivity index (χ1v) is 6.64. The van der Waals surface area contributed by atoms with E-state index in [0.717, 1.165) is 0 Å². The molecular weight excluding hydrogens is 237 g/mol. The number of amides is 1. The topological polar surface area (TPSA) is 67.8 Å². The molecule has 0 aliphatic heterocycles. The highest BCUT2D eigenvalue weighted by atomic mass is 32.5. The minimum Gasteiger partial charge on any atom is -0.453 e. The van der Waals surface area contributed by atoms with Crippen molar-refractivity contribution >= 4 is 24.5 Å². The molecule has 0 aromatic heterocycles. The maximum absolute atomic E-state index is 10.8. The Bertz CT molecular complexity index is 383. The zero-order valence-electron chi connectivity index (χ0n) is 7.91. The molecule has 1 unspecified atom stereocenters. The van der Waals surface area contributed by atoms with Crippen molar-refractivity contribution in [2.45, 2.75) is 0 Å². The fourth-order valence-corrected chi connectivity index (χ4v) is 2.06. The smallest absolute Gasteiger partial charge is 0.414 e. The molecule has 0 saturated carbocycles. The molecule has 82 valence electrons. The summed E-state index contributed by atoms with van der Waals surface area (Å²) in [4.78, 5) is 20.4. The minimum absolute atomic E-state index is 0.389. The molecule has 0 heterocycles. The third-order valence-electron chi connectivity index (χ3n) is 1.39. The van der Waals surface area contributed by atoms with Crippen LogP contribution in [0.15, 0.2) is 30.3 Å². The monoisotopic (exact) mass is 247 g/mol. The molecule has 1 aromatic rings. The van der Waals surface area contributed by atoms with E-state index >= 15 is 0 Å². The minimum atomic E-state index is -3.38. The molecule has 5 nitrogen and oxygen atoms in total. The van der Waals surface area contributed by atoms with Crippen molar-refractivity contribution in [1.82, 2.24) is 5.09 Å². The van der Waals surface area contributed by atoms with Gasteiger partial charge >= 0.3 is 12.7 Å². The standard InChI is InChI=1S/C8H10NO4PS/c1-12-8(10)9-14(11,15)13-7-5-3-2-4-6-7/h2-6H,1H3,(H2,9,10,11,15). The number of para-hydroxylation sites is 1. The van der Waals surface area contributed by atoms with Crippen molar-refractivity contribution in [1.29, 1.82) is 0 Å².